The van der Waals surface area contributed by atoms with E-state index in [9.17, 15) is 27.9 Å². The van der Waals surface area contributed by atoms with Crippen LogP contribution in [0.15, 0.2) is 42.5 Å². The molecule has 1 heterocycles. The van der Waals surface area contributed by atoms with Gasteiger partial charge in [0.15, 0.2) is 11.4 Å². The number of hydrogen-bond donors (Lipinski definition) is 1. The summed E-state index contributed by atoms with van der Waals surface area (Å²) >= 11 is 1.12. The van der Waals surface area contributed by atoms with Gasteiger partial charge >= 0.3 is 12.1 Å². The molecule has 184 valence electrons. The number of carbonyl (C=O) groups is 2. The van der Waals surface area contributed by atoms with Gasteiger partial charge in [-0.25, -0.2) is 9.78 Å². The number of allylic oxidation sites excluding steroid dienone is 1. The van der Waals surface area contributed by atoms with E-state index in [2.05, 4.69) is 4.98 Å². The number of aromatic nitrogens is 1. The molecule has 35 heavy (non-hydrogen) atoms. The second-order valence-corrected chi connectivity index (χ2v) is 9.61. The quantitative estimate of drug-likeness (QED) is 0.281. The zero-order valence-electron chi connectivity index (χ0n) is 19.8. The van der Waals surface area contributed by atoms with Crippen molar-refractivity contribution in [2.45, 2.75) is 46.4 Å². The van der Waals surface area contributed by atoms with E-state index in [0.29, 0.717) is 26.9 Å². The first-order valence-electron chi connectivity index (χ1n) is 10.6. The molecule has 0 saturated heterocycles. The Balaban J connectivity index is 1.80. The highest BCUT2D eigenvalue weighted by Crippen LogP contribution is 2.33. The van der Waals surface area contributed by atoms with Crippen LogP contribution >= 0.6 is 11.3 Å². The van der Waals surface area contributed by atoms with E-state index in [0.717, 1.165) is 40.2 Å². The van der Waals surface area contributed by atoms with Crippen LogP contribution in [0.25, 0.3) is 16.6 Å². The van der Waals surface area contributed by atoms with Crippen LogP contribution in [0.5, 0.6) is 5.75 Å². The number of aliphatic carboxylic acids is 1. The first-order chi connectivity index (χ1) is 16.2. The summed E-state index contributed by atoms with van der Waals surface area (Å²) in [5.41, 5.74) is 1.04. The van der Waals surface area contributed by atoms with E-state index < -0.39 is 23.3 Å². The number of ketones is 1. The number of carbonyl (C=O) groups excluding carboxylic acids is 1. The Kier molecular flexibility index (Phi) is 7.21. The summed E-state index contributed by atoms with van der Waals surface area (Å²) in [4.78, 5) is 28.9. The summed E-state index contributed by atoms with van der Waals surface area (Å²) in [5, 5.41) is 9.77. The van der Waals surface area contributed by atoms with Gasteiger partial charge < -0.3 is 9.84 Å². The Hall–Kier alpha value is -3.46. The van der Waals surface area contributed by atoms with Crippen molar-refractivity contribution >= 4 is 29.2 Å². The summed E-state index contributed by atoms with van der Waals surface area (Å²) < 4.78 is 44.1. The molecule has 0 amide bonds. The topological polar surface area (TPSA) is 76.5 Å². The highest BCUT2D eigenvalue weighted by molar-refractivity contribution is 7.17. The minimum Gasteiger partial charge on any atom is -0.478 e. The van der Waals surface area contributed by atoms with Gasteiger partial charge in [-0.2, -0.15) is 13.2 Å². The van der Waals surface area contributed by atoms with E-state index >= 15 is 0 Å². The molecule has 9 heteroatoms. The molecule has 3 rings (SSSR count). The number of alkyl halides is 3. The number of carboxylic acid groups (broad SMARTS) is 1. The molecular weight excluding hydrogens is 479 g/mol. The lowest BCUT2D eigenvalue weighted by atomic mass is 10.0. The van der Waals surface area contributed by atoms with Gasteiger partial charge in [-0.05, 0) is 81.7 Å². The summed E-state index contributed by atoms with van der Waals surface area (Å²) in [5.74, 6) is -0.886. The Labute approximate surface area is 204 Å². The van der Waals surface area contributed by atoms with Crippen LogP contribution < -0.4 is 4.74 Å². The minimum atomic E-state index is -4.42. The highest BCUT2D eigenvalue weighted by atomic mass is 32.1. The second kappa shape index (κ2) is 9.65. The fourth-order valence-corrected chi connectivity index (χ4v) is 4.33. The summed E-state index contributed by atoms with van der Waals surface area (Å²) in [6, 6.07) is 8.23. The Bertz CT molecular complexity index is 1280. The Morgan fingerprint density at radius 1 is 1.03 bits per heavy atom. The number of thiazole rings is 1. The third-order valence-electron chi connectivity index (χ3n) is 5.26. The monoisotopic (exact) mass is 503 g/mol. The van der Waals surface area contributed by atoms with Crippen molar-refractivity contribution in [2.24, 2.45) is 0 Å². The SMILES string of the molecule is Cc1cc(/C=C\C(=O)c2sc(-c3ccc(C(F)(F)F)cc3)nc2C)cc(C)c1OC(C)(C)C(=O)O. The molecule has 3 aromatic rings. The zero-order valence-corrected chi connectivity index (χ0v) is 20.6. The third-order valence-corrected chi connectivity index (χ3v) is 6.48. The molecule has 0 spiro atoms. The van der Waals surface area contributed by atoms with Gasteiger partial charge in [-0.15, -0.1) is 11.3 Å². The molecule has 0 unspecified atom stereocenters. The maximum Gasteiger partial charge on any atom is 0.416 e. The maximum absolute atomic E-state index is 12.8. The third kappa shape index (κ3) is 5.97. The van der Waals surface area contributed by atoms with Crippen LogP contribution in [-0.2, 0) is 11.0 Å². The van der Waals surface area contributed by atoms with E-state index in [-0.39, 0.29) is 5.78 Å². The fourth-order valence-electron chi connectivity index (χ4n) is 3.34. The molecule has 0 aliphatic carbocycles. The molecular formula is C26H24F3NO4S. The number of halogens is 3. The average Bonchev–Trinajstić information content (AvgIpc) is 3.15. The number of ether oxygens (including phenoxy) is 1. The van der Waals surface area contributed by atoms with Crippen LogP contribution in [0.4, 0.5) is 13.2 Å². The highest BCUT2D eigenvalue weighted by Gasteiger charge is 2.31. The number of benzene rings is 2. The van der Waals surface area contributed by atoms with Crippen molar-refractivity contribution in [3.05, 3.63) is 75.3 Å². The molecule has 5 nitrogen and oxygen atoms in total. The van der Waals surface area contributed by atoms with Crippen molar-refractivity contribution < 1.29 is 32.6 Å². The Morgan fingerprint density at radius 2 is 1.60 bits per heavy atom. The second-order valence-electron chi connectivity index (χ2n) is 8.61. The summed E-state index contributed by atoms with van der Waals surface area (Å²) in [7, 11) is 0. The van der Waals surface area contributed by atoms with Gasteiger partial charge in [-0.3, -0.25) is 4.79 Å². The molecule has 0 saturated carbocycles. The normalized spacial score (nSPS) is 12.2. The maximum atomic E-state index is 12.8. The minimum absolute atomic E-state index is 0.277. The van der Waals surface area contributed by atoms with Crippen molar-refractivity contribution in [3.8, 4) is 16.3 Å². The lowest BCUT2D eigenvalue weighted by Gasteiger charge is -2.24. The zero-order chi connectivity index (χ0) is 26.1. The Morgan fingerprint density at radius 3 is 2.11 bits per heavy atom. The van der Waals surface area contributed by atoms with Crippen molar-refractivity contribution in [1.82, 2.24) is 4.98 Å². The van der Waals surface area contributed by atoms with Crippen LogP contribution in [-0.4, -0.2) is 27.4 Å². The molecule has 2 aromatic carbocycles. The smallest absolute Gasteiger partial charge is 0.416 e. The summed E-state index contributed by atoms with van der Waals surface area (Å²) in [6.45, 7) is 8.20. The molecule has 0 aliphatic rings. The lowest BCUT2D eigenvalue weighted by molar-refractivity contribution is -0.152. The van der Waals surface area contributed by atoms with Crippen LogP contribution in [0, 0.1) is 20.8 Å². The standard InChI is InChI=1S/C26H24F3NO4S/c1-14-12-17(13-15(2)21(14)34-25(4,5)24(32)33)6-11-20(31)22-16(3)30-23(35-22)18-7-9-19(10-8-18)26(27,28)29/h6-13H,1-5H3,(H,32,33)/b11-6-. The van der Waals surface area contributed by atoms with Crippen molar-refractivity contribution in [1.29, 1.82) is 0 Å². The number of carboxylic acids is 1. The van der Waals surface area contributed by atoms with E-state index in [1.165, 1.54) is 32.1 Å². The van der Waals surface area contributed by atoms with E-state index in [1.807, 2.05) is 0 Å². The van der Waals surface area contributed by atoms with E-state index in [1.54, 1.807) is 39.0 Å². The number of rotatable bonds is 7. The predicted octanol–water partition coefficient (Wildman–Crippen LogP) is 6.89. The molecule has 0 radical (unpaired) electrons. The molecule has 0 aliphatic heterocycles. The van der Waals surface area contributed by atoms with Gasteiger partial charge in [0.25, 0.3) is 0 Å². The first-order valence-corrected chi connectivity index (χ1v) is 11.4. The molecule has 0 atom stereocenters. The molecule has 1 aromatic heterocycles. The lowest BCUT2D eigenvalue weighted by Crippen LogP contribution is -2.38. The van der Waals surface area contributed by atoms with Crippen LogP contribution in [0.1, 0.15) is 51.5 Å². The number of aryl methyl sites for hydroxylation is 3. The van der Waals surface area contributed by atoms with Crippen LogP contribution in [0.3, 0.4) is 0 Å². The summed E-state index contributed by atoms with van der Waals surface area (Å²) in [6.07, 6.45) is -1.37. The van der Waals surface area contributed by atoms with Gasteiger partial charge in [-0.1, -0.05) is 18.2 Å². The van der Waals surface area contributed by atoms with Gasteiger partial charge in [0, 0.05) is 5.56 Å². The van der Waals surface area contributed by atoms with Gasteiger partial charge in [0.2, 0.25) is 0 Å². The predicted molar refractivity (Wildman–Crippen MR) is 129 cm³/mol. The number of nitrogens with zero attached hydrogens (tertiary/aromatic N) is 1. The van der Waals surface area contributed by atoms with Crippen molar-refractivity contribution in [3.63, 3.8) is 0 Å². The number of hydrogen-bond acceptors (Lipinski definition) is 5. The van der Waals surface area contributed by atoms with Gasteiger partial charge in [0.05, 0.1) is 16.1 Å². The average molecular weight is 504 g/mol. The molecule has 0 fully saturated rings. The van der Waals surface area contributed by atoms with E-state index in [4.69, 9.17) is 4.74 Å². The largest absolute Gasteiger partial charge is 0.478 e. The van der Waals surface area contributed by atoms with Crippen molar-refractivity contribution in [2.75, 3.05) is 0 Å². The fraction of sp³-hybridized carbons (Fsp3) is 0.269. The van der Waals surface area contributed by atoms with Gasteiger partial charge in [0.1, 0.15) is 10.8 Å². The molecule has 1 N–H and O–H groups in total. The first kappa shape index (κ1) is 26.2. The van der Waals surface area contributed by atoms with Crippen LogP contribution in [0.2, 0.25) is 0 Å². The molecule has 0 bridgehead atoms.